The molecule has 1 saturated carbocycles. The van der Waals surface area contributed by atoms with Crippen molar-refractivity contribution in [1.82, 2.24) is 15.2 Å². The van der Waals surface area contributed by atoms with Gasteiger partial charge in [-0.1, -0.05) is 39.7 Å². The van der Waals surface area contributed by atoms with E-state index in [4.69, 9.17) is 0 Å². The Morgan fingerprint density at radius 3 is 2.62 bits per heavy atom. The van der Waals surface area contributed by atoms with Crippen LogP contribution in [0.15, 0.2) is 18.3 Å². The molecule has 0 spiro atoms. The summed E-state index contributed by atoms with van der Waals surface area (Å²) < 4.78 is 0. The van der Waals surface area contributed by atoms with E-state index >= 15 is 0 Å². The maximum atomic E-state index is 4.65. The Morgan fingerprint density at radius 2 is 2.05 bits per heavy atom. The first-order valence-electron chi connectivity index (χ1n) is 8.57. The van der Waals surface area contributed by atoms with Crippen molar-refractivity contribution in [3.8, 4) is 0 Å². The van der Waals surface area contributed by atoms with Gasteiger partial charge in [0.15, 0.2) is 0 Å². The van der Waals surface area contributed by atoms with Crippen LogP contribution in [0.25, 0.3) is 0 Å². The fourth-order valence-corrected chi connectivity index (χ4v) is 3.13. The van der Waals surface area contributed by atoms with E-state index in [1.54, 1.807) is 0 Å². The number of nitrogens with one attached hydrogen (secondary N) is 1. The van der Waals surface area contributed by atoms with Crippen LogP contribution in [-0.4, -0.2) is 29.0 Å². The number of hydrogen-bond acceptors (Lipinski definition) is 3. The van der Waals surface area contributed by atoms with E-state index in [1.807, 2.05) is 6.20 Å². The first-order valence-corrected chi connectivity index (χ1v) is 8.57. The topological polar surface area (TPSA) is 28.2 Å². The molecule has 1 heterocycles. The van der Waals surface area contributed by atoms with Crippen LogP contribution < -0.4 is 5.32 Å². The highest BCUT2D eigenvalue weighted by Crippen LogP contribution is 2.24. The lowest BCUT2D eigenvalue weighted by Crippen LogP contribution is -2.32. The maximum Gasteiger partial charge on any atom is 0.0544 e. The van der Waals surface area contributed by atoms with Gasteiger partial charge in [0.05, 0.1) is 5.69 Å². The molecule has 1 aromatic rings. The lowest BCUT2D eigenvalue weighted by Gasteiger charge is -2.27. The van der Waals surface area contributed by atoms with Crippen LogP contribution in [0.1, 0.15) is 57.7 Å². The number of pyridine rings is 1. The number of rotatable bonds is 8. The van der Waals surface area contributed by atoms with Crippen molar-refractivity contribution in [2.24, 2.45) is 5.92 Å². The first-order chi connectivity index (χ1) is 10.2. The molecular formula is C18H31N3. The highest BCUT2D eigenvalue weighted by molar-refractivity contribution is 5.14. The molecule has 0 atom stereocenters. The Morgan fingerprint density at radius 1 is 1.29 bits per heavy atom. The average molecular weight is 289 g/mol. The van der Waals surface area contributed by atoms with Gasteiger partial charge in [0.25, 0.3) is 0 Å². The second-order valence-corrected chi connectivity index (χ2v) is 6.68. The lowest BCUT2D eigenvalue weighted by molar-refractivity contribution is 0.198. The quantitative estimate of drug-likeness (QED) is 0.792. The van der Waals surface area contributed by atoms with Gasteiger partial charge in [0.2, 0.25) is 0 Å². The highest BCUT2D eigenvalue weighted by atomic mass is 15.2. The minimum absolute atomic E-state index is 0.696. The zero-order valence-electron chi connectivity index (χ0n) is 13.9. The second kappa shape index (κ2) is 8.50. The summed E-state index contributed by atoms with van der Waals surface area (Å²) in [5.41, 5.74) is 2.49. The Labute approximate surface area is 130 Å². The number of nitrogens with zero attached hydrogens (tertiary/aromatic N) is 2. The predicted octanol–water partition coefficient (Wildman–Crippen LogP) is 3.59. The largest absolute Gasteiger partial charge is 0.312 e. The summed E-state index contributed by atoms with van der Waals surface area (Å²) in [6, 6.07) is 5.20. The summed E-state index contributed by atoms with van der Waals surface area (Å²) in [6.45, 7) is 10.8. The van der Waals surface area contributed by atoms with Gasteiger partial charge in [-0.25, -0.2) is 0 Å². The van der Waals surface area contributed by atoms with E-state index in [9.17, 15) is 0 Å². The van der Waals surface area contributed by atoms with Crippen LogP contribution in [0.2, 0.25) is 0 Å². The predicted molar refractivity (Wildman–Crippen MR) is 89.1 cm³/mol. The van der Waals surface area contributed by atoms with Crippen molar-refractivity contribution >= 4 is 0 Å². The van der Waals surface area contributed by atoms with Crippen LogP contribution in [0.4, 0.5) is 0 Å². The van der Waals surface area contributed by atoms with Crippen LogP contribution >= 0.6 is 0 Å². The van der Waals surface area contributed by atoms with Crippen molar-refractivity contribution in [3.05, 3.63) is 29.6 Å². The maximum absolute atomic E-state index is 4.65. The van der Waals surface area contributed by atoms with Crippen LogP contribution in [-0.2, 0) is 13.1 Å². The van der Waals surface area contributed by atoms with Crippen molar-refractivity contribution in [1.29, 1.82) is 0 Å². The van der Waals surface area contributed by atoms with Gasteiger partial charge in [-0.15, -0.1) is 0 Å². The molecule has 0 unspecified atom stereocenters. The number of aromatic nitrogens is 1. The van der Waals surface area contributed by atoms with E-state index in [0.717, 1.165) is 32.2 Å². The molecule has 2 rings (SSSR count). The molecule has 3 nitrogen and oxygen atoms in total. The highest BCUT2D eigenvalue weighted by Gasteiger charge is 2.21. The summed E-state index contributed by atoms with van der Waals surface area (Å²) in [5, 5.41) is 3.47. The summed E-state index contributed by atoms with van der Waals surface area (Å²) >= 11 is 0. The molecular weight excluding hydrogens is 258 g/mol. The van der Waals surface area contributed by atoms with Crippen LogP contribution in [0, 0.1) is 5.92 Å². The molecule has 1 aromatic heterocycles. The molecule has 3 heteroatoms. The summed E-state index contributed by atoms with van der Waals surface area (Å²) in [6.07, 6.45) is 7.56. The summed E-state index contributed by atoms with van der Waals surface area (Å²) in [7, 11) is 0. The van der Waals surface area contributed by atoms with Gasteiger partial charge >= 0.3 is 0 Å². The Bertz CT molecular complexity index is 393. The van der Waals surface area contributed by atoms with Crippen molar-refractivity contribution in [2.45, 2.75) is 65.6 Å². The van der Waals surface area contributed by atoms with Gasteiger partial charge < -0.3 is 5.32 Å². The van der Waals surface area contributed by atoms with Crippen molar-refractivity contribution in [3.63, 3.8) is 0 Å². The standard InChI is InChI=1S/C18H31N3/c1-4-21(18-7-5-6-8-18)14-17-10-9-16(13-20-17)12-19-11-15(2)3/h9-10,13,15,18-19H,4-8,11-12,14H2,1-3H3. The third kappa shape index (κ3) is 5.40. The Balaban J connectivity index is 1.83. The molecule has 0 aliphatic heterocycles. The fraction of sp³-hybridized carbons (Fsp3) is 0.722. The molecule has 1 N–H and O–H groups in total. The SMILES string of the molecule is CCN(Cc1ccc(CNCC(C)C)cn1)C1CCCC1. The zero-order valence-corrected chi connectivity index (χ0v) is 13.9. The third-order valence-electron chi connectivity index (χ3n) is 4.38. The first kappa shape index (κ1) is 16.4. The van der Waals surface area contributed by atoms with Gasteiger partial charge in [-0.05, 0) is 43.5 Å². The zero-order chi connectivity index (χ0) is 15.1. The van der Waals surface area contributed by atoms with E-state index in [-0.39, 0.29) is 0 Å². The van der Waals surface area contributed by atoms with Gasteiger partial charge in [-0.3, -0.25) is 9.88 Å². The monoisotopic (exact) mass is 289 g/mol. The smallest absolute Gasteiger partial charge is 0.0544 e. The molecule has 0 aromatic carbocycles. The Kier molecular flexibility index (Phi) is 6.65. The fourth-order valence-electron chi connectivity index (χ4n) is 3.13. The van der Waals surface area contributed by atoms with Crippen molar-refractivity contribution < 1.29 is 0 Å². The second-order valence-electron chi connectivity index (χ2n) is 6.68. The van der Waals surface area contributed by atoms with Gasteiger partial charge in [0.1, 0.15) is 0 Å². The molecule has 1 aliphatic rings. The molecule has 0 radical (unpaired) electrons. The molecule has 0 amide bonds. The van der Waals surface area contributed by atoms with Crippen molar-refractivity contribution in [2.75, 3.05) is 13.1 Å². The van der Waals surface area contributed by atoms with Crippen LogP contribution in [0.5, 0.6) is 0 Å². The molecule has 1 aliphatic carbocycles. The summed E-state index contributed by atoms with van der Waals surface area (Å²) in [5.74, 6) is 0.696. The van der Waals surface area contributed by atoms with E-state index in [2.05, 4.69) is 48.1 Å². The minimum Gasteiger partial charge on any atom is -0.312 e. The lowest BCUT2D eigenvalue weighted by atomic mass is 10.2. The normalized spacial score (nSPS) is 16.2. The molecule has 0 bridgehead atoms. The molecule has 118 valence electrons. The minimum atomic E-state index is 0.696. The molecule has 21 heavy (non-hydrogen) atoms. The summed E-state index contributed by atoms with van der Waals surface area (Å²) in [4.78, 5) is 7.24. The average Bonchev–Trinajstić information content (AvgIpc) is 3.00. The van der Waals surface area contributed by atoms with E-state index < -0.39 is 0 Å². The third-order valence-corrected chi connectivity index (χ3v) is 4.38. The van der Waals surface area contributed by atoms with Gasteiger partial charge in [-0.2, -0.15) is 0 Å². The number of hydrogen-bond donors (Lipinski definition) is 1. The molecule has 1 fully saturated rings. The van der Waals surface area contributed by atoms with E-state index in [1.165, 1.54) is 36.9 Å². The molecule has 0 saturated heterocycles. The van der Waals surface area contributed by atoms with E-state index in [0.29, 0.717) is 5.92 Å². The van der Waals surface area contributed by atoms with Gasteiger partial charge in [0, 0.05) is 25.3 Å². The Hall–Kier alpha value is -0.930. The van der Waals surface area contributed by atoms with Crippen LogP contribution in [0.3, 0.4) is 0 Å².